The SMILES string of the molecule is CCOC(=O)c1c(NC(=O)c2cc3cccc(OC)c3oc2=O)sc(C)c1-c1ccc(OC)cc1. The maximum Gasteiger partial charge on any atom is 0.349 e. The van der Waals surface area contributed by atoms with Crippen molar-refractivity contribution in [3.63, 3.8) is 0 Å². The molecule has 2 aromatic heterocycles. The van der Waals surface area contributed by atoms with Crippen LogP contribution in [0.5, 0.6) is 11.5 Å². The minimum atomic E-state index is -0.819. The van der Waals surface area contributed by atoms with Gasteiger partial charge in [0.05, 0.1) is 20.8 Å². The van der Waals surface area contributed by atoms with Crippen molar-refractivity contribution in [2.75, 3.05) is 26.1 Å². The first-order valence-electron chi connectivity index (χ1n) is 10.7. The Kier molecular flexibility index (Phi) is 6.88. The Morgan fingerprint density at radius 1 is 1.06 bits per heavy atom. The van der Waals surface area contributed by atoms with Gasteiger partial charge in [-0.2, -0.15) is 0 Å². The van der Waals surface area contributed by atoms with E-state index in [2.05, 4.69) is 5.32 Å². The molecule has 0 radical (unpaired) electrons. The lowest BCUT2D eigenvalue weighted by atomic mass is 10.0. The van der Waals surface area contributed by atoms with Gasteiger partial charge >= 0.3 is 11.6 Å². The van der Waals surface area contributed by atoms with Gasteiger partial charge in [0.15, 0.2) is 11.3 Å². The summed E-state index contributed by atoms with van der Waals surface area (Å²) in [6, 6.07) is 13.8. The number of hydrogen-bond acceptors (Lipinski definition) is 8. The van der Waals surface area contributed by atoms with E-state index in [1.807, 2.05) is 19.1 Å². The first-order chi connectivity index (χ1) is 16.9. The number of ether oxygens (including phenoxy) is 3. The van der Waals surface area contributed by atoms with Crippen LogP contribution in [0.4, 0.5) is 5.00 Å². The highest BCUT2D eigenvalue weighted by atomic mass is 32.1. The summed E-state index contributed by atoms with van der Waals surface area (Å²) >= 11 is 1.22. The van der Waals surface area contributed by atoms with Gasteiger partial charge in [0.25, 0.3) is 5.91 Å². The van der Waals surface area contributed by atoms with Crippen molar-refractivity contribution in [1.82, 2.24) is 0 Å². The van der Waals surface area contributed by atoms with Crippen molar-refractivity contribution < 1.29 is 28.2 Å². The van der Waals surface area contributed by atoms with Crippen LogP contribution in [-0.2, 0) is 4.74 Å². The number of esters is 1. The Bertz CT molecular complexity index is 1470. The van der Waals surface area contributed by atoms with Crippen molar-refractivity contribution in [2.45, 2.75) is 13.8 Å². The van der Waals surface area contributed by atoms with Crippen LogP contribution in [-0.4, -0.2) is 32.7 Å². The highest BCUT2D eigenvalue weighted by Gasteiger charge is 2.27. The zero-order valence-corrected chi connectivity index (χ0v) is 20.4. The third-order valence-electron chi connectivity index (χ3n) is 5.36. The zero-order chi connectivity index (χ0) is 25.1. The third kappa shape index (κ3) is 4.63. The van der Waals surface area contributed by atoms with Crippen LogP contribution in [0.3, 0.4) is 0 Å². The number of fused-ring (bicyclic) bond motifs is 1. The monoisotopic (exact) mass is 493 g/mol. The lowest BCUT2D eigenvalue weighted by molar-refractivity contribution is 0.0529. The minimum absolute atomic E-state index is 0.166. The average molecular weight is 494 g/mol. The fourth-order valence-corrected chi connectivity index (χ4v) is 4.80. The first kappa shape index (κ1) is 24.0. The smallest absolute Gasteiger partial charge is 0.349 e. The number of thiophene rings is 1. The number of methoxy groups -OCH3 is 2. The van der Waals surface area contributed by atoms with Gasteiger partial charge in [-0.05, 0) is 43.7 Å². The van der Waals surface area contributed by atoms with Gasteiger partial charge in [-0.25, -0.2) is 9.59 Å². The van der Waals surface area contributed by atoms with Crippen LogP contribution in [0.25, 0.3) is 22.1 Å². The summed E-state index contributed by atoms with van der Waals surface area (Å²) < 4.78 is 21.1. The second kappa shape index (κ2) is 10.0. The number of nitrogens with one attached hydrogen (secondary N) is 1. The van der Waals surface area contributed by atoms with Crippen LogP contribution in [0.1, 0.15) is 32.5 Å². The molecule has 0 unspecified atom stereocenters. The number of para-hydroxylation sites is 1. The zero-order valence-electron chi connectivity index (χ0n) is 19.6. The molecule has 0 bridgehead atoms. The normalized spacial score (nSPS) is 10.7. The molecule has 0 fully saturated rings. The van der Waals surface area contributed by atoms with Gasteiger partial charge in [-0.1, -0.05) is 24.3 Å². The maximum absolute atomic E-state index is 13.1. The molecule has 2 heterocycles. The summed E-state index contributed by atoms with van der Waals surface area (Å²) in [7, 11) is 3.04. The van der Waals surface area contributed by atoms with Crippen molar-refractivity contribution in [3.05, 3.63) is 75.0 Å². The number of carbonyl (C=O) groups excluding carboxylic acids is 2. The van der Waals surface area contributed by atoms with Crippen molar-refractivity contribution >= 4 is 39.2 Å². The molecule has 2 aromatic carbocycles. The largest absolute Gasteiger partial charge is 0.497 e. The Balaban J connectivity index is 1.77. The molecule has 4 aromatic rings. The molecule has 0 aliphatic heterocycles. The number of aryl methyl sites for hydroxylation is 1. The van der Waals surface area contributed by atoms with Crippen LogP contribution in [0.2, 0.25) is 0 Å². The van der Waals surface area contributed by atoms with E-state index < -0.39 is 17.5 Å². The summed E-state index contributed by atoms with van der Waals surface area (Å²) in [4.78, 5) is 39.5. The Hall–Kier alpha value is -4.11. The molecule has 0 aliphatic carbocycles. The molecule has 8 nitrogen and oxygen atoms in total. The number of rotatable bonds is 7. The van der Waals surface area contributed by atoms with E-state index in [4.69, 9.17) is 18.6 Å². The third-order valence-corrected chi connectivity index (χ3v) is 6.38. The summed E-state index contributed by atoms with van der Waals surface area (Å²) in [5.41, 5.74) is 0.859. The molecule has 0 saturated heterocycles. The van der Waals surface area contributed by atoms with Crippen molar-refractivity contribution in [1.29, 1.82) is 0 Å². The van der Waals surface area contributed by atoms with Crippen LogP contribution >= 0.6 is 11.3 Å². The van der Waals surface area contributed by atoms with E-state index in [0.29, 0.717) is 22.4 Å². The molecular formula is C26H23NO7S. The predicted molar refractivity (Wildman–Crippen MR) is 134 cm³/mol. The Morgan fingerprint density at radius 2 is 1.80 bits per heavy atom. The number of hydrogen-bond donors (Lipinski definition) is 1. The van der Waals surface area contributed by atoms with Gasteiger partial charge in [0, 0.05) is 15.8 Å². The number of carbonyl (C=O) groups is 2. The topological polar surface area (TPSA) is 104 Å². The van der Waals surface area contributed by atoms with Crippen LogP contribution < -0.4 is 20.4 Å². The molecule has 0 saturated carbocycles. The molecule has 1 N–H and O–H groups in total. The molecule has 180 valence electrons. The molecule has 0 aliphatic rings. The summed E-state index contributed by atoms with van der Waals surface area (Å²) in [6.45, 7) is 3.72. The van der Waals surface area contributed by atoms with Gasteiger partial charge in [-0.3, -0.25) is 4.79 Å². The Labute approximate surface area is 205 Å². The standard InChI is InChI=1S/C26H23NO7S/c1-5-33-26(30)21-20(15-9-11-17(31-3)12-10-15)14(2)35-24(21)27-23(28)18-13-16-7-6-8-19(32-4)22(16)34-25(18)29/h6-13H,5H2,1-4H3,(H,27,28). The fourth-order valence-electron chi connectivity index (χ4n) is 3.74. The van der Waals surface area contributed by atoms with E-state index in [1.54, 1.807) is 44.4 Å². The summed E-state index contributed by atoms with van der Waals surface area (Å²) in [6.07, 6.45) is 0. The van der Waals surface area contributed by atoms with Gasteiger partial charge in [-0.15, -0.1) is 11.3 Å². The van der Waals surface area contributed by atoms with Gasteiger partial charge in [0.2, 0.25) is 0 Å². The van der Waals surface area contributed by atoms with E-state index in [1.165, 1.54) is 24.5 Å². The Morgan fingerprint density at radius 3 is 2.46 bits per heavy atom. The van der Waals surface area contributed by atoms with Crippen LogP contribution in [0.15, 0.2) is 57.7 Å². The summed E-state index contributed by atoms with van der Waals surface area (Å²) in [5.74, 6) is -0.216. The highest BCUT2D eigenvalue weighted by Crippen LogP contribution is 2.41. The lowest BCUT2D eigenvalue weighted by Gasteiger charge is -2.10. The second-order valence-corrected chi connectivity index (χ2v) is 8.69. The minimum Gasteiger partial charge on any atom is -0.497 e. The van der Waals surface area contributed by atoms with E-state index in [-0.39, 0.29) is 28.3 Å². The van der Waals surface area contributed by atoms with Crippen molar-refractivity contribution in [2.24, 2.45) is 0 Å². The van der Waals surface area contributed by atoms with Crippen molar-refractivity contribution in [3.8, 4) is 22.6 Å². The molecule has 0 atom stereocenters. The predicted octanol–water partition coefficient (Wildman–Crippen LogP) is 5.28. The summed E-state index contributed by atoms with van der Waals surface area (Å²) in [5, 5.41) is 3.52. The number of amides is 1. The maximum atomic E-state index is 13.1. The molecule has 9 heteroatoms. The molecular weight excluding hydrogens is 470 g/mol. The molecule has 1 amide bonds. The average Bonchev–Trinajstić information content (AvgIpc) is 3.18. The lowest BCUT2D eigenvalue weighted by Crippen LogP contribution is -2.21. The first-order valence-corrected chi connectivity index (χ1v) is 11.6. The number of benzene rings is 2. The van der Waals surface area contributed by atoms with Gasteiger partial charge < -0.3 is 23.9 Å². The molecule has 4 rings (SSSR count). The second-order valence-electron chi connectivity index (χ2n) is 7.47. The van der Waals surface area contributed by atoms with E-state index in [0.717, 1.165) is 10.4 Å². The van der Waals surface area contributed by atoms with Gasteiger partial charge in [0.1, 0.15) is 21.9 Å². The molecule has 35 heavy (non-hydrogen) atoms. The molecule has 0 spiro atoms. The number of anilines is 1. The quantitative estimate of drug-likeness (QED) is 0.276. The van der Waals surface area contributed by atoms with Crippen LogP contribution in [0, 0.1) is 6.92 Å². The fraction of sp³-hybridized carbons (Fsp3) is 0.192. The highest BCUT2D eigenvalue weighted by molar-refractivity contribution is 7.17. The van der Waals surface area contributed by atoms with E-state index in [9.17, 15) is 14.4 Å². The van der Waals surface area contributed by atoms with E-state index >= 15 is 0 Å².